The molecule has 11 heavy (non-hydrogen) atoms. The molecule has 0 saturated carbocycles. The number of hydrogen-bond donors (Lipinski definition) is 1. The summed E-state index contributed by atoms with van der Waals surface area (Å²) in [5, 5.41) is 8.10. The summed E-state index contributed by atoms with van der Waals surface area (Å²) in [5.41, 5.74) is 0. The largest absolute Gasteiger partial charge is 0.502 e. The predicted molar refractivity (Wildman–Crippen MR) is 37.9 cm³/mol. The molecule has 0 amide bonds. The minimum absolute atomic E-state index is 0.0107. The number of halogens is 1. The third kappa shape index (κ3) is 5.39. The average molecular weight is 162 g/mol. The van der Waals surface area contributed by atoms with Gasteiger partial charge in [-0.05, 0) is 12.8 Å². The number of carboxylic acid groups (broad SMARTS) is 1. The van der Waals surface area contributed by atoms with E-state index < -0.39 is 12.1 Å². The smallest absolute Gasteiger partial charge is 0.338 e. The van der Waals surface area contributed by atoms with Gasteiger partial charge >= 0.3 is 5.97 Å². The highest BCUT2D eigenvalue weighted by Gasteiger charge is 2.14. The van der Waals surface area contributed by atoms with E-state index in [9.17, 15) is 9.18 Å². The minimum atomic E-state index is -1.77. The first kappa shape index (κ1) is 9.94. The standard InChI is InChI=1S/C7H11FO3/c1-2-11-5-3-4-6(8)7(9)10/h2,6H,1,3-5H2,(H,9,10). The lowest BCUT2D eigenvalue weighted by Gasteiger charge is -2.01. The lowest BCUT2D eigenvalue weighted by Crippen LogP contribution is -2.14. The van der Waals surface area contributed by atoms with Gasteiger partial charge in [-0.1, -0.05) is 6.58 Å². The van der Waals surface area contributed by atoms with Gasteiger partial charge in [-0.2, -0.15) is 0 Å². The van der Waals surface area contributed by atoms with E-state index >= 15 is 0 Å². The number of ether oxygens (including phenoxy) is 1. The van der Waals surface area contributed by atoms with Gasteiger partial charge in [0.2, 0.25) is 0 Å². The first-order valence-corrected chi connectivity index (χ1v) is 3.28. The van der Waals surface area contributed by atoms with Crippen molar-refractivity contribution in [3.05, 3.63) is 12.8 Å². The van der Waals surface area contributed by atoms with Crippen molar-refractivity contribution in [1.29, 1.82) is 0 Å². The molecular weight excluding hydrogens is 151 g/mol. The van der Waals surface area contributed by atoms with E-state index in [-0.39, 0.29) is 6.42 Å². The number of aliphatic carboxylic acids is 1. The zero-order valence-corrected chi connectivity index (χ0v) is 6.12. The van der Waals surface area contributed by atoms with E-state index in [4.69, 9.17) is 5.11 Å². The van der Waals surface area contributed by atoms with Crippen LogP contribution in [0.3, 0.4) is 0 Å². The molecule has 3 nitrogen and oxygen atoms in total. The summed E-state index contributed by atoms with van der Waals surface area (Å²) in [6.07, 6.45) is -0.153. The van der Waals surface area contributed by atoms with Crippen molar-refractivity contribution in [2.45, 2.75) is 19.0 Å². The number of carbonyl (C=O) groups is 1. The Balaban J connectivity index is 3.24. The topological polar surface area (TPSA) is 46.5 Å². The summed E-state index contributed by atoms with van der Waals surface area (Å²) in [7, 11) is 0. The molecule has 0 rings (SSSR count). The van der Waals surface area contributed by atoms with Crippen molar-refractivity contribution < 1.29 is 19.0 Å². The Morgan fingerprint density at radius 3 is 2.91 bits per heavy atom. The Morgan fingerprint density at radius 2 is 2.45 bits per heavy atom. The number of carboxylic acids is 1. The molecule has 0 spiro atoms. The summed E-state index contributed by atoms with van der Waals surface area (Å²) in [6, 6.07) is 0. The van der Waals surface area contributed by atoms with Gasteiger partial charge in [0.05, 0.1) is 12.9 Å². The van der Waals surface area contributed by atoms with Crippen LogP contribution in [0.4, 0.5) is 4.39 Å². The van der Waals surface area contributed by atoms with Crippen molar-refractivity contribution in [2.75, 3.05) is 6.61 Å². The second-order valence-electron chi connectivity index (χ2n) is 1.99. The lowest BCUT2D eigenvalue weighted by atomic mass is 10.2. The molecule has 0 bridgehead atoms. The molecule has 0 aromatic rings. The number of rotatable bonds is 6. The molecular formula is C7H11FO3. The fourth-order valence-corrected chi connectivity index (χ4v) is 0.553. The van der Waals surface area contributed by atoms with Crippen LogP contribution in [0.1, 0.15) is 12.8 Å². The summed E-state index contributed by atoms with van der Waals surface area (Å²) in [5.74, 6) is -1.41. The normalized spacial score (nSPS) is 12.1. The van der Waals surface area contributed by atoms with E-state index in [0.717, 1.165) is 0 Å². The molecule has 1 atom stereocenters. The van der Waals surface area contributed by atoms with E-state index in [1.54, 1.807) is 0 Å². The Bertz CT molecular complexity index is 136. The van der Waals surface area contributed by atoms with Gasteiger partial charge in [0.25, 0.3) is 0 Å². The zero-order valence-electron chi connectivity index (χ0n) is 6.12. The van der Waals surface area contributed by atoms with Gasteiger partial charge in [0.15, 0.2) is 6.17 Å². The third-order valence-corrected chi connectivity index (χ3v) is 1.11. The fraction of sp³-hybridized carbons (Fsp3) is 0.571. The molecule has 0 heterocycles. The molecule has 0 aliphatic heterocycles. The first-order valence-electron chi connectivity index (χ1n) is 3.28. The molecule has 0 fully saturated rings. The number of alkyl halides is 1. The van der Waals surface area contributed by atoms with E-state index in [0.29, 0.717) is 13.0 Å². The Hall–Kier alpha value is -1.06. The van der Waals surface area contributed by atoms with Crippen LogP contribution >= 0.6 is 0 Å². The zero-order chi connectivity index (χ0) is 8.69. The molecule has 0 aliphatic carbocycles. The van der Waals surface area contributed by atoms with Crippen LogP contribution in [0.5, 0.6) is 0 Å². The van der Waals surface area contributed by atoms with Gasteiger partial charge in [0.1, 0.15) is 0 Å². The van der Waals surface area contributed by atoms with Crippen molar-refractivity contribution >= 4 is 5.97 Å². The Morgan fingerprint density at radius 1 is 1.82 bits per heavy atom. The molecule has 0 aromatic heterocycles. The summed E-state index contributed by atoms with van der Waals surface area (Å²) < 4.78 is 16.9. The Labute approximate surface area is 64.5 Å². The quantitative estimate of drug-likeness (QED) is 0.473. The molecule has 0 radical (unpaired) electrons. The van der Waals surface area contributed by atoms with Crippen LogP contribution in [0.15, 0.2) is 12.8 Å². The molecule has 0 aromatic carbocycles. The molecule has 4 heteroatoms. The van der Waals surface area contributed by atoms with Gasteiger partial charge in [-0.25, -0.2) is 9.18 Å². The van der Waals surface area contributed by atoms with Crippen molar-refractivity contribution in [2.24, 2.45) is 0 Å². The predicted octanol–water partition coefficient (Wildman–Crippen LogP) is 1.35. The highest BCUT2D eigenvalue weighted by Crippen LogP contribution is 2.01. The van der Waals surface area contributed by atoms with Crippen LogP contribution in [0, 0.1) is 0 Å². The summed E-state index contributed by atoms with van der Waals surface area (Å²) >= 11 is 0. The van der Waals surface area contributed by atoms with Crippen molar-refractivity contribution in [3.63, 3.8) is 0 Å². The second kappa shape index (κ2) is 5.70. The number of hydrogen-bond acceptors (Lipinski definition) is 2. The van der Waals surface area contributed by atoms with E-state index in [1.165, 1.54) is 6.26 Å². The third-order valence-electron chi connectivity index (χ3n) is 1.11. The van der Waals surface area contributed by atoms with Gasteiger partial charge < -0.3 is 9.84 Å². The van der Waals surface area contributed by atoms with Crippen LogP contribution in [0.2, 0.25) is 0 Å². The maximum Gasteiger partial charge on any atom is 0.338 e. The fourth-order valence-electron chi connectivity index (χ4n) is 0.553. The average Bonchev–Trinajstić information content (AvgIpc) is 1.97. The van der Waals surface area contributed by atoms with E-state index in [1.807, 2.05) is 0 Å². The van der Waals surface area contributed by atoms with Crippen LogP contribution in [0.25, 0.3) is 0 Å². The van der Waals surface area contributed by atoms with Crippen LogP contribution < -0.4 is 0 Å². The maximum atomic E-state index is 12.3. The van der Waals surface area contributed by atoms with Gasteiger partial charge in [0, 0.05) is 0 Å². The SMILES string of the molecule is C=COCCCC(F)C(=O)O. The molecule has 64 valence electrons. The van der Waals surface area contributed by atoms with Crippen LogP contribution in [-0.2, 0) is 9.53 Å². The summed E-state index contributed by atoms with van der Waals surface area (Å²) in [6.45, 7) is 3.60. The van der Waals surface area contributed by atoms with Crippen molar-refractivity contribution in [3.8, 4) is 0 Å². The second-order valence-corrected chi connectivity index (χ2v) is 1.99. The lowest BCUT2D eigenvalue weighted by molar-refractivity contribution is -0.143. The monoisotopic (exact) mass is 162 g/mol. The van der Waals surface area contributed by atoms with Gasteiger partial charge in [-0.3, -0.25) is 0 Å². The highest BCUT2D eigenvalue weighted by atomic mass is 19.1. The minimum Gasteiger partial charge on any atom is -0.502 e. The molecule has 1 unspecified atom stereocenters. The van der Waals surface area contributed by atoms with Crippen LogP contribution in [-0.4, -0.2) is 23.9 Å². The molecule has 0 saturated heterocycles. The molecule has 0 aliphatic rings. The van der Waals surface area contributed by atoms with Gasteiger partial charge in [-0.15, -0.1) is 0 Å². The van der Waals surface area contributed by atoms with Crippen molar-refractivity contribution in [1.82, 2.24) is 0 Å². The maximum absolute atomic E-state index is 12.3. The first-order chi connectivity index (χ1) is 5.18. The molecule has 1 N–H and O–H groups in total. The highest BCUT2D eigenvalue weighted by molar-refractivity contribution is 5.71. The summed E-state index contributed by atoms with van der Waals surface area (Å²) in [4.78, 5) is 9.93. The van der Waals surface area contributed by atoms with E-state index in [2.05, 4.69) is 11.3 Å². The Kier molecular flexibility index (Phi) is 5.15.